The Kier molecular flexibility index (Phi) is 3.86. The monoisotopic (exact) mass is 232 g/mol. The minimum absolute atomic E-state index is 0.359. The Morgan fingerprint density at radius 3 is 3.12 bits per heavy atom. The first kappa shape index (κ1) is 12.6. The lowest BCUT2D eigenvalue weighted by Crippen LogP contribution is -2.33. The largest absolute Gasteiger partial charge is 0.295 e. The van der Waals surface area contributed by atoms with Crippen LogP contribution in [0.2, 0.25) is 0 Å². The molecule has 1 nitrogen and oxygen atoms in total. The summed E-state index contributed by atoms with van der Waals surface area (Å²) in [5, 5.41) is 0. The highest BCUT2D eigenvalue weighted by Crippen LogP contribution is 2.49. The molecule has 0 aromatic carbocycles. The van der Waals surface area contributed by atoms with Crippen LogP contribution in [-0.4, -0.2) is 5.78 Å². The van der Waals surface area contributed by atoms with Crippen molar-refractivity contribution in [1.29, 1.82) is 0 Å². The van der Waals surface area contributed by atoms with Crippen molar-refractivity contribution in [3.8, 4) is 0 Å². The molecular weight excluding hydrogens is 208 g/mol. The van der Waals surface area contributed by atoms with Crippen LogP contribution >= 0.6 is 0 Å². The van der Waals surface area contributed by atoms with Crippen LogP contribution in [0.3, 0.4) is 0 Å². The number of carbonyl (C=O) groups excluding carboxylic acids is 1. The van der Waals surface area contributed by atoms with Gasteiger partial charge in [0, 0.05) is 6.42 Å². The van der Waals surface area contributed by atoms with E-state index in [2.05, 4.69) is 19.6 Å². The number of ketones is 1. The van der Waals surface area contributed by atoms with E-state index in [0.29, 0.717) is 23.5 Å². The van der Waals surface area contributed by atoms with Gasteiger partial charge in [0.05, 0.1) is 0 Å². The summed E-state index contributed by atoms with van der Waals surface area (Å²) in [5.41, 5.74) is 1.59. The van der Waals surface area contributed by atoms with Gasteiger partial charge in [0.25, 0.3) is 0 Å². The zero-order valence-electron chi connectivity index (χ0n) is 11.0. The van der Waals surface area contributed by atoms with Gasteiger partial charge in [-0.1, -0.05) is 31.9 Å². The molecule has 2 aliphatic rings. The number of hydrogen-bond acceptors (Lipinski definition) is 1. The lowest BCUT2D eigenvalue weighted by atomic mass is 9.61. The van der Waals surface area contributed by atoms with Crippen molar-refractivity contribution in [3.63, 3.8) is 0 Å². The smallest absolute Gasteiger partial charge is 0.158 e. The van der Waals surface area contributed by atoms with E-state index in [1.807, 2.05) is 6.08 Å². The third-order valence-corrected chi connectivity index (χ3v) is 4.71. The molecular formula is C16H24O. The fourth-order valence-corrected chi connectivity index (χ4v) is 3.39. The summed E-state index contributed by atoms with van der Waals surface area (Å²) in [7, 11) is 0. The molecule has 0 heterocycles. The first-order chi connectivity index (χ1) is 8.15. The van der Waals surface area contributed by atoms with Crippen LogP contribution < -0.4 is 0 Å². The highest BCUT2D eigenvalue weighted by Gasteiger charge is 2.38. The van der Waals surface area contributed by atoms with Crippen molar-refractivity contribution < 1.29 is 4.79 Å². The molecule has 2 atom stereocenters. The molecule has 0 saturated heterocycles. The second-order valence-corrected chi connectivity index (χ2v) is 5.95. The van der Waals surface area contributed by atoms with Crippen LogP contribution in [-0.2, 0) is 4.79 Å². The lowest BCUT2D eigenvalue weighted by Gasteiger charge is -2.43. The summed E-state index contributed by atoms with van der Waals surface area (Å²) in [6.45, 7) is 6.10. The molecule has 0 radical (unpaired) electrons. The molecule has 0 bridgehead atoms. The van der Waals surface area contributed by atoms with Gasteiger partial charge >= 0.3 is 0 Å². The maximum Gasteiger partial charge on any atom is 0.158 e. The maximum absolute atomic E-state index is 12.0. The predicted octanol–water partition coefficient (Wildman–Crippen LogP) is 4.44. The minimum Gasteiger partial charge on any atom is -0.295 e. The summed E-state index contributed by atoms with van der Waals surface area (Å²) < 4.78 is 0. The van der Waals surface area contributed by atoms with Crippen molar-refractivity contribution in [3.05, 3.63) is 24.3 Å². The second-order valence-electron chi connectivity index (χ2n) is 5.95. The fourth-order valence-electron chi connectivity index (χ4n) is 3.39. The number of fused-ring (bicyclic) bond motifs is 1. The molecule has 1 saturated carbocycles. The predicted molar refractivity (Wildman–Crippen MR) is 71.8 cm³/mol. The summed E-state index contributed by atoms with van der Waals surface area (Å²) in [6, 6.07) is 0. The molecule has 0 aromatic heterocycles. The Morgan fingerprint density at radius 1 is 1.53 bits per heavy atom. The van der Waals surface area contributed by atoms with Crippen LogP contribution in [0.25, 0.3) is 0 Å². The van der Waals surface area contributed by atoms with Crippen LogP contribution in [0, 0.1) is 11.3 Å². The third-order valence-electron chi connectivity index (χ3n) is 4.71. The average Bonchev–Trinajstić information content (AvgIpc) is 2.34. The van der Waals surface area contributed by atoms with Gasteiger partial charge in [-0.3, -0.25) is 4.79 Å². The van der Waals surface area contributed by atoms with Gasteiger partial charge in [-0.05, 0) is 49.0 Å². The topological polar surface area (TPSA) is 17.1 Å². The van der Waals surface area contributed by atoms with Crippen molar-refractivity contribution >= 4 is 5.78 Å². The summed E-state index contributed by atoms with van der Waals surface area (Å²) in [4.78, 5) is 12.0. The van der Waals surface area contributed by atoms with E-state index in [1.54, 1.807) is 0 Å². The molecule has 0 aliphatic heterocycles. The Hall–Kier alpha value is -0.850. The second kappa shape index (κ2) is 5.20. The zero-order valence-corrected chi connectivity index (χ0v) is 11.0. The number of allylic oxidation sites excluding steroid dienone is 3. The third kappa shape index (κ3) is 2.70. The van der Waals surface area contributed by atoms with E-state index >= 15 is 0 Å². The average molecular weight is 232 g/mol. The van der Waals surface area contributed by atoms with Gasteiger partial charge in [0.2, 0.25) is 0 Å². The van der Waals surface area contributed by atoms with Crippen LogP contribution in [0.1, 0.15) is 58.3 Å². The summed E-state index contributed by atoms with van der Waals surface area (Å²) in [6.07, 6.45) is 13.2. The fraction of sp³-hybridized carbons (Fsp3) is 0.688. The van der Waals surface area contributed by atoms with Crippen molar-refractivity contribution in [2.45, 2.75) is 58.3 Å². The van der Waals surface area contributed by atoms with E-state index < -0.39 is 0 Å². The Morgan fingerprint density at radius 2 is 2.35 bits per heavy atom. The molecule has 0 amide bonds. The van der Waals surface area contributed by atoms with Crippen molar-refractivity contribution in [2.75, 3.05) is 0 Å². The van der Waals surface area contributed by atoms with Gasteiger partial charge < -0.3 is 0 Å². The number of rotatable bonds is 4. The molecule has 0 aromatic rings. The van der Waals surface area contributed by atoms with E-state index in [9.17, 15) is 4.79 Å². The normalized spacial score (nSPS) is 32.5. The minimum atomic E-state index is 0.359. The van der Waals surface area contributed by atoms with E-state index in [1.165, 1.54) is 32.1 Å². The molecule has 0 spiro atoms. The molecule has 1 fully saturated rings. The molecule has 0 N–H and O–H groups in total. The summed E-state index contributed by atoms with van der Waals surface area (Å²) >= 11 is 0. The number of hydrogen-bond donors (Lipinski definition) is 0. The lowest BCUT2D eigenvalue weighted by molar-refractivity contribution is -0.116. The highest BCUT2D eigenvalue weighted by molar-refractivity contribution is 5.95. The van der Waals surface area contributed by atoms with Crippen LogP contribution in [0.15, 0.2) is 24.3 Å². The Balaban J connectivity index is 2.06. The molecule has 2 aliphatic carbocycles. The van der Waals surface area contributed by atoms with Crippen LogP contribution in [0.5, 0.6) is 0 Å². The van der Waals surface area contributed by atoms with E-state index in [4.69, 9.17) is 0 Å². The Labute approximate surface area is 105 Å². The maximum atomic E-state index is 12.0. The molecule has 2 rings (SSSR count). The quantitative estimate of drug-likeness (QED) is 0.655. The summed E-state index contributed by atoms with van der Waals surface area (Å²) in [5.74, 6) is 1.02. The van der Waals surface area contributed by atoms with Gasteiger partial charge in [-0.25, -0.2) is 0 Å². The van der Waals surface area contributed by atoms with Gasteiger partial charge in [-0.2, -0.15) is 0 Å². The van der Waals surface area contributed by atoms with Crippen LogP contribution in [0.4, 0.5) is 0 Å². The Bertz CT molecular complexity index is 339. The zero-order chi connectivity index (χ0) is 12.3. The molecule has 2 unspecified atom stereocenters. The van der Waals surface area contributed by atoms with Gasteiger partial charge in [-0.15, -0.1) is 6.58 Å². The van der Waals surface area contributed by atoms with Crippen molar-refractivity contribution in [2.24, 2.45) is 11.3 Å². The molecule has 94 valence electrons. The van der Waals surface area contributed by atoms with Crippen molar-refractivity contribution in [1.82, 2.24) is 0 Å². The van der Waals surface area contributed by atoms with E-state index in [0.717, 1.165) is 18.4 Å². The van der Waals surface area contributed by atoms with Gasteiger partial charge in [0.15, 0.2) is 5.78 Å². The van der Waals surface area contributed by atoms with Gasteiger partial charge in [0.1, 0.15) is 0 Å². The number of carbonyl (C=O) groups is 1. The molecule has 17 heavy (non-hydrogen) atoms. The SMILES string of the molecule is C=CCCC(=O)C1=CC2CCCCC2(C)CC1. The highest BCUT2D eigenvalue weighted by atomic mass is 16.1. The first-order valence-corrected chi connectivity index (χ1v) is 7.00. The molecule has 1 heteroatoms. The first-order valence-electron chi connectivity index (χ1n) is 7.00. The number of Topliss-reactive ketones (excluding diaryl/α,β-unsaturated/α-hetero) is 1. The standard InChI is InChI=1S/C16H24O/c1-3-4-8-15(17)13-9-11-16(2)10-6-5-7-14(16)12-13/h3,12,14H,1,4-11H2,2H3. The van der Waals surface area contributed by atoms with E-state index in [-0.39, 0.29) is 0 Å².